The van der Waals surface area contributed by atoms with Crippen molar-refractivity contribution in [2.45, 2.75) is 19.4 Å². The molecule has 7 heteroatoms. The average Bonchev–Trinajstić information content (AvgIpc) is 2.64. The normalized spacial score (nSPS) is 16.9. The Kier molecular flexibility index (Phi) is 8.03. The maximum absolute atomic E-state index is 12.0. The molecule has 1 aliphatic rings. The maximum atomic E-state index is 12.0. The van der Waals surface area contributed by atoms with Gasteiger partial charge >= 0.3 is 11.8 Å². The van der Waals surface area contributed by atoms with Gasteiger partial charge in [-0.1, -0.05) is 29.8 Å². The molecule has 3 N–H and O–H groups in total. The van der Waals surface area contributed by atoms with Crippen molar-refractivity contribution < 1.29 is 14.7 Å². The fraction of sp³-hybridized carbons (Fsp3) is 0.579. The molecule has 1 aromatic rings. The van der Waals surface area contributed by atoms with Gasteiger partial charge in [-0.3, -0.25) is 14.5 Å². The molecular weight excluding hydrogens is 332 g/mol. The molecule has 0 radical (unpaired) electrons. The van der Waals surface area contributed by atoms with Gasteiger partial charge in [0.1, 0.15) is 0 Å². The van der Waals surface area contributed by atoms with Crippen LogP contribution in [0.1, 0.15) is 23.6 Å². The van der Waals surface area contributed by atoms with Crippen LogP contribution in [0.4, 0.5) is 0 Å². The quantitative estimate of drug-likeness (QED) is 0.466. The van der Waals surface area contributed by atoms with Gasteiger partial charge < -0.3 is 20.6 Å². The highest BCUT2D eigenvalue weighted by Crippen LogP contribution is 2.22. The van der Waals surface area contributed by atoms with Crippen molar-refractivity contribution in [2.24, 2.45) is 0 Å². The molecule has 0 aromatic heterocycles. The number of benzene rings is 1. The molecule has 1 unspecified atom stereocenters. The predicted molar refractivity (Wildman–Crippen MR) is 101 cm³/mol. The van der Waals surface area contributed by atoms with E-state index in [1.54, 1.807) is 0 Å². The lowest BCUT2D eigenvalue weighted by Gasteiger charge is -2.38. The van der Waals surface area contributed by atoms with Gasteiger partial charge in [-0.05, 0) is 26.0 Å². The van der Waals surface area contributed by atoms with E-state index in [1.807, 2.05) is 6.92 Å². The van der Waals surface area contributed by atoms with E-state index < -0.39 is 11.8 Å². The van der Waals surface area contributed by atoms with Crippen LogP contribution in [-0.2, 0) is 9.59 Å². The van der Waals surface area contributed by atoms with Gasteiger partial charge in [0.25, 0.3) is 0 Å². The van der Waals surface area contributed by atoms with Crippen molar-refractivity contribution in [1.29, 1.82) is 0 Å². The lowest BCUT2D eigenvalue weighted by molar-refractivity contribution is -0.139. The van der Waals surface area contributed by atoms with Gasteiger partial charge in [0.15, 0.2) is 0 Å². The van der Waals surface area contributed by atoms with Gasteiger partial charge in [-0.25, -0.2) is 0 Å². The van der Waals surface area contributed by atoms with Crippen molar-refractivity contribution >= 4 is 11.8 Å². The van der Waals surface area contributed by atoms with E-state index in [1.165, 1.54) is 5.56 Å². The third-order valence-corrected chi connectivity index (χ3v) is 4.72. The Morgan fingerprint density at radius 2 is 1.69 bits per heavy atom. The Morgan fingerprint density at radius 1 is 1.08 bits per heavy atom. The highest BCUT2D eigenvalue weighted by molar-refractivity contribution is 6.35. The number of nitrogens with one attached hydrogen (secondary N) is 2. The summed E-state index contributed by atoms with van der Waals surface area (Å²) in [5, 5.41) is 14.0. The molecule has 1 aromatic carbocycles. The second kappa shape index (κ2) is 10.3. The summed E-state index contributed by atoms with van der Waals surface area (Å²) in [5.74, 6) is -1.28. The summed E-state index contributed by atoms with van der Waals surface area (Å²) in [6.45, 7) is 6.53. The van der Waals surface area contributed by atoms with Crippen LogP contribution in [0.25, 0.3) is 0 Å². The number of nitrogens with zero attached hydrogens (tertiary/aromatic N) is 2. The van der Waals surface area contributed by atoms with Crippen LogP contribution >= 0.6 is 0 Å². The average molecular weight is 362 g/mol. The van der Waals surface area contributed by atoms with Crippen LogP contribution in [0.15, 0.2) is 24.3 Å². The number of amides is 2. The predicted octanol–water partition coefficient (Wildman–Crippen LogP) is -0.102. The SMILES string of the molecule is Cc1ccc(C(CNC(=O)C(=O)NCCCO)N2CCN(C)CC2)cc1. The lowest BCUT2D eigenvalue weighted by Crippen LogP contribution is -2.49. The summed E-state index contributed by atoms with van der Waals surface area (Å²) in [5.41, 5.74) is 2.33. The third-order valence-electron chi connectivity index (χ3n) is 4.72. The van der Waals surface area contributed by atoms with E-state index >= 15 is 0 Å². The van der Waals surface area contributed by atoms with E-state index in [0.29, 0.717) is 19.5 Å². The summed E-state index contributed by atoms with van der Waals surface area (Å²) in [7, 11) is 2.11. The highest BCUT2D eigenvalue weighted by atomic mass is 16.3. The van der Waals surface area contributed by atoms with Crippen LogP contribution in [0.2, 0.25) is 0 Å². The molecular formula is C19H30N4O3. The fourth-order valence-corrected chi connectivity index (χ4v) is 3.01. The number of piperazine rings is 1. The number of aryl methyl sites for hydroxylation is 1. The van der Waals surface area contributed by atoms with E-state index in [4.69, 9.17) is 5.11 Å². The molecule has 2 rings (SSSR count). The molecule has 1 saturated heterocycles. The minimum Gasteiger partial charge on any atom is -0.396 e. The van der Waals surface area contributed by atoms with Gasteiger partial charge in [-0.2, -0.15) is 0 Å². The van der Waals surface area contributed by atoms with Gasteiger partial charge in [-0.15, -0.1) is 0 Å². The summed E-state index contributed by atoms with van der Waals surface area (Å²) >= 11 is 0. The smallest absolute Gasteiger partial charge is 0.309 e. The van der Waals surface area contributed by atoms with Crippen LogP contribution in [0, 0.1) is 6.92 Å². The standard InChI is InChI=1S/C19H30N4O3/c1-15-4-6-16(7-5-15)17(23-11-9-22(2)10-12-23)14-21-19(26)18(25)20-8-3-13-24/h4-7,17,24H,3,8-14H2,1-2H3,(H,20,25)(H,21,26). The van der Waals surface area contributed by atoms with E-state index in [-0.39, 0.29) is 12.6 Å². The minimum atomic E-state index is -0.653. The second-order valence-electron chi connectivity index (χ2n) is 6.81. The Balaban J connectivity index is 1.98. The van der Waals surface area contributed by atoms with Gasteiger partial charge in [0.05, 0.1) is 6.04 Å². The lowest BCUT2D eigenvalue weighted by atomic mass is 10.0. The number of likely N-dealkylation sites (N-methyl/N-ethyl adjacent to an activating group) is 1. The molecule has 0 aliphatic carbocycles. The van der Waals surface area contributed by atoms with Crippen molar-refractivity contribution in [2.75, 3.05) is 52.9 Å². The number of hydrogen-bond donors (Lipinski definition) is 3. The topological polar surface area (TPSA) is 84.9 Å². The number of hydrogen-bond acceptors (Lipinski definition) is 5. The van der Waals surface area contributed by atoms with Gasteiger partial charge in [0.2, 0.25) is 0 Å². The Hall–Kier alpha value is -1.96. The molecule has 2 amide bonds. The minimum absolute atomic E-state index is 0.0131. The van der Waals surface area contributed by atoms with Crippen LogP contribution in [0.5, 0.6) is 0 Å². The molecule has 0 saturated carbocycles. The zero-order valence-electron chi connectivity index (χ0n) is 15.7. The summed E-state index contributed by atoms with van der Waals surface area (Å²) < 4.78 is 0. The maximum Gasteiger partial charge on any atom is 0.309 e. The molecule has 1 aliphatic heterocycles. The molecule has 7 nitrogen and oxygen atoms in total. The molecule has 1 fully saturated rings. The monoisotopic (exact) mass is 362 g/mol. The largest absolute Gasteiger partial charge is 0.396 e. The van der Waals surface area contributed by atoms with Crippen molar-refractivity contribution in [1.82, 2.24) is 20.4 Å². The first-order valence-corrected chi connectivity index (χ1v) is 9.17. The van der Waals surface area contributed by atoms with Crippen molar-refractivity contribution in [3.05, 3.63) is 35.4 Å². The van der Waals surface area contributed by atoms with E-state index in [2.05, 4.69) is 51.7 Å². The number of aliphatic hydroxyl groups is 1. The summed E-state index contributed by atoms with van der Waals surface area (Å²) in [4.78, 5) is 28.5. The van der Waals surface area contributed by atoms with Crippen molar-refractivity contribution in [3.8, 4) is 0 Å². The number of rotatable bonds is 7. The van der Waals surface area contributed by atoms with Crippen LogP contribution in [-0.4, -0.2) is 79.6 Å². The van der Waals surface area contributed by atoms with Crippen molar-refractivity contribution in [3.63, 3.8) is 0 Å². The summed E-state index contributed by atoms with van der Waals surface area (Å²) in [6, 6.07) is 8.36. The van der Waals surface area contributed by atoms with E-state index in [9.17, 15) is 9.59 Å². The first kappa shape index (κ1) is 20.4. The number of carbonyl (C=O) groups excluding carboxylic acids is 2. The zero-order valence-corrected chi connectivity index (χ0v) is 15.7. The highest BCUT2D eigenvalue weighted by Gasteiger charge is 2.25. The molecule has 1 atom stereocenters. The molecule has 144 valence electrons. The zero-order chi connectivity index (χ0) is 18.9. The first-order valence-electron chi connectivity index (χ1n) is 9.17. The summed E-state index contributed by atoms with van der Waals surface area (Å²) in [6.07, 6.45) is 0.437. The van der Waals surface area contributed by atoms with Crippen LogP contribution in [0.3, 0.4) is 0 Å². The van der Waals surface area contributed by atoms with Gasteiger partial charge in [0, 0.05) is 45.9 Å². The third kappa shape index (κ3) is 6.09. The Morgan fingerprint density at radius 3 is 2.31 bits per heavy atom. The fourth-order valence-electron chi connectivity index (χ4n) is 3.01. The Bertz CT molecular complexity index is 583. The van der Waals surface area contributed by atoms with Crippen LogP contribution < -0.4 is 10.6 Å². The molecule has 1 heterocycles. The molecule has 0 spiro atoms. The Labute approximate surface area is 155 Å². The molecule has 26 heavy (non-hydrogen) atoms. The number of carbonyl (C=O) groups is 2. The van der Waals surface area contributed by atoms with E-state index in [0.717, 1.165) is 31.7 Å². The molecule has 0 bridgehead atoms. The first-order chi connectivity index (χ1) is 12.5. The second-order valence-corrected chi connectivity index (χ2v) is 6.81. The number of aliphatic hydroxyl groups excluding tert-OH is 1.